The van der Waals surface area contributed by atoms with Gasteiger partial charge in [-0.2, -0.15) is 0 Å². The molecule has 1 aromatic carbocycles. The Morgan fingerprint density at radius 3 is 2.48 bits per heavy atom. The van der Waals surface area contributed by atoms with E-state index in [-0.39, 0.29) is 17.9 Å². The number of benzene rings is 1. The topological polar surface area (TPSA) is 102 Å². The Kier molecular flexibility index (Phi) is 5.52. The van der Waals surface area contributed by atoms with Gasteiger partial charge in [0.25, 0.3) is 5.69 Å². The number of nitrogens with zero attached hydrogens (tertiary/aromatic N) is 1. The maximum Gasteiger partial charge on any atom is 0.311 e. The molecular weight excluding hydrogens is 276 g/mol. The number of nitrogens with one attached hydrogen (secondary N) is 1. The normalized spacial score (nSPS) is 11.0. The second kappa shape index (κ2) is 6.92. The van der Waals surface area contributed by atoms with Gasteiger partial charge in [0.15, 0.2) is 0 Å². The first-order valence-electron chi connectivity index (χ1n) is 6.70. The number of aliphatic carboxylic acids is 1. The Hall–Kier alpha value is -2.31. The molecule has 0 aliphatic carbocycles. The van der Waals surface area contributed by atoms with Crippen molar-refractivity contribution >= 4 is 17.3 Å². The van der Waals surface area contributed by atoms with Crippen molar-refractivity contribution in [1.29, 1.82) is 0 Å². The molecule has 2 N–H and O–H groups in total. The van der Waals surface area contributed by atoms with E-state index in [4.69, 9.17) is 4.74 Å². The molecule has 7 nitrogen and oxygen atoms in total. The average Bonchev–Trinajstić information content (AvgIpc) is 2.48. The molecule has 7 heteroatoms. The number of rotatable bonds is 8. The molecule has 0 radical (unpaired) electrons. The maximum absolute atomic E-state index is 11.4. The SMILES string of the molecule is CCC(CC)(CNc1ccc(OC)cc1[N+](=O)[O-])C(=O)O. The summed E-state index contributed by atoms with van der Waals surface area (Å²) in [6.45, 7) is 3.71. The van der Waals surface area contributed by atoms with Crippen LogP contribution in [0.15, 0.2) is 18.2 Å². The summed E-state index contributed by atoms with van der Waals surface area (Å²) in [6, 6.07) is 4.42. The molecule has 0 bridgehead atoms. The monoisotopic (exact) mass is 296 g/mol. The fourth-order valence-corrected chi connectivity index (χ4v) is 2.08. The van der Waals surface area contributed by atoms with Crippen LogP contribution < -0.4 is 10.1 Å². The van der Waals surface area contributed by atoms with Crippen molar-refractivity contribution in [3.63, 3.8) is 0 Å². The number of hydrogen-bond acceptors (Lipinski definition) is 5. The second-order valence-corrected chi connectivity index (χ2v) is 4.79. The largest absolute Gasteiger partial charge is 0.496 e. The molecule has 116 valence electrons. The Morgan fingerprint density at radius 2 is 2.05 bits per heavy atom. The number of anilines is 1. The van der Waals surface area contributed by atoms with Crippen LogP contribution in [0.4, 0.5) is 11.4 Å². The first kappa shape index (κ1) is 16.7. The number of hydrogen-bond donors (Lipinski definition) is 2. The Labute approximate surface area is 123 Å². The number of carboxylic acid groups (broad SMARTS) is 1. The zero-order chi connectivity index (χ0) is 16.0. The van der Waals surface area contributed by atoms with Gasteiger partial charge in [0, 0.05) is 6.54 Å². The van der Waals surface area contributed by atoms with E-state index in [1.165, 1.54) is 19.2 Å². The van der Waals surface area contributed by atoms with Gasteiger partial charge in [0.05, 0.1) is 23.5 Å². The minimum Gasteiger partial charge on any atom is -0.496 e. The Morgan fingerprint density at radius 1 is 1.43 bits per heavy atom. The smallest absolute Gasteiger partial charge is 0.311 e. The molecule has 0 atom stereocenters. The fraction of sp³-hybridized carbons (Fsp3) is 0.500. The standard InChI is InChI=1S/C14H20N2O5/c1-4-14(5-2,13(17)18)9-15-11-7-6-10(21-3)8-12(11)16(19)20/h6-8,15H,4-5,9H2,1-3H3,(H,17,18). The molecule has 0 aromatic heterocycles. The van der Waals surface area contributed by atoms with E-state index in [2.05, 4.69) is 5.32 Å². The van der Waals surface area contributed by atoms with Crippen LogP contribution in [0.5, 0.6) is 5.75 Å². The lowest BCUT2D eigenvalue weighted by Gasteiger charge is -2.27. The van der Waals surface area contributed by atoms with Gasteiger partial charge in [-0.15, -0.1) is 0 Å². The minimum absolute atomic E-state index is 0.127. The highest BCUT2D eigenvalue weighted by molar-refractivity contribution is 5.76. The maximum atomic E-state index is 11.4. The molecular formula is C14H20N2O5. The highest BCUT2D eigenvalue weighted by Gasteiger charge is 2.35. The van der Waals surface area contributed by atoms with Gasteiger partial charge in [-0.3, -0.25) is 14.9 Å². The molecule has 0 unspecified atom stereocenters. The van der Waals surface area contributed by atoms with Gasteiger partial charge in [-0.05, 0) is 25.0 Å². The summed E-state index contributed by atoms with van der Waals surface area (Å²) < 4.78 is 4.96. The molecule has 0 amide bonds. The first-order chi connectivity index (χ1) is 9.90. The van der Waals surface area contributed by atoms with Crippen molar-refractivity contribution in [2.24, 2.45) is 5.41 Å². The molecule has 0 saturated carbocycles. The Bertz CT molecular complexity index is 526. The summed E-state index contributed by atoms with van der Waals surface area (Å²) in [6.07, 6.45) is 0.881. The highest BCUT2D eigenvalue weighted by atomic mass is 16.6. The zero-order valence-electron chi connectivity index (χ0n) is 12.4. The van der Waals surface area contributed by atoms with Crippen LogP contribution in [-0.2, 0) is 4.79 Å². The van der Waals surface area contributed by atoms with Crippen LogP contribution in [-0.4, -0.2) is 29.7 Å². The highest BCUT2D eigenvalue weighted by Crippen LogP contribution is 2.32. The zero-order valence-corrected chi connectivity index (χ0v) is 12.4. The van der Waals surface area contributed by atoms with Crippen molar-refractivity contribution in [3.05, 3.63) is 28.3 Å². The minimum atomic E-state index is -0.937. The predicted molar refractivity (Wildman–Crippen MR) is 78.8 cm³/mol. The summed E-state index contributed by atoms with van der Waals surface area (Å²) in [5.74, 6) is -0.529. The summed E-state index contributed by atoms with van der Waals surface area (Å²) in [4.78, 5) is 22.0. The fourth-order valence-electron chi connectivity index (χ4n) is 2.08. The van der Waals surface area contributed by atoms with Gasteiger partial charge < -0.3 is 15.2 Å². The number of carboxylic acids is 1. The van der Waals surface area contributed by atoms with E-state index < -0.39 is 16.3 Å². The molecule has 0 spiro atoms. The number of nitro groups is 1. The van der Waals surface area contributed by atoms with Gasteiger partial charge in [-0.25, -0.2) is 0 Å². The molecule has 0 aliphatic heterocycles. The van der Waals surface area contributed by atoms with Crippen molar-refractivity contribution in [2.75, 3.05) is 19.0 Å². The molecule has 1 aromatic rings. The Balaban J connectivity index is 3.02. The van der Waals surface area contributed by atoms with E-state index in [1.807, 2.05) is 0 Å². The van der Waals surface area contributed by atoms with Gasteiger partial charge >= 0.3 is 5.97 Å². The van der Waals surface area contributed by atoms with Gasteiger partial charge in [-0.1, -0.05) is 13.8 Å². The summed E-state index contributed by atoms with van der Waals surface area (Å²) in [5, 5.41) is 23.3. The molecule has 0 heterocycles. The molecule has 1 rings (SSSR count). The predicted octanol–water partition coefficient (Wildman–Crippen LogP) is 2.91. The lowest BCUT2D eigenvalue weighted by molar-refractivity contribution is -0.384. The van der Waals surface area contributed by atoms with Crippen LogP contribution in [0.1, 0.15) is 26.7 Å². The van der Waals surface area contributed by atoms with Crippen molar-refractivity contribution in [2.45, 2.75) is 26.7 Å². The number of methoxy groups -OCH3 is 1. The summed E-state index contributed by atoms with van der Waals surface area (Å²) in [5.41, 5.74) is -0.789. The quantitative estimate of drug-likeness (QED) is 0.565. The molecule has 0 aliphatic rings. The third kappa shape index (κ3) is 3.62. The van der Waals surface area contributed by atoms with Crippen LogP contribution in [0.3, 0.4) is 0 Å². The van der Waals surface area contributed by atoms with Crippen LogP contribution in [0.2, 0.25) is 0 Å². The third-order valence-corrected chi connectivity index (χ3v) is 3.83. The molecule has 0 fully saturated rings. The van der Waals surface area contributed by atoms with Gasteiger partial charge in [0.1, 0.15) is 11.4 Å². The van der Waals surface area contributed by atoms with E-state index in [0.717, 1.165) is 0 Å². The lowest BCUT2D eigenvalue weighted by Crippen LogP contribution is -2.36. The first-order valence-corrected chi connectivity index (χ1v) is 6.70. The number of carbonyl (C=O) groups is 1. The average molecular weight is 296 g/mol. The van der Waals surface area contributed by atoms with Crippen LogP contribution >= 0.6 is 0 Å². The van der Waals surface area contributed by atoms with E-state index >= 15 is 0 Å². The summed E-state index contributed by atoms with van der Waals surface area (Å²) in [7, 11) is 1.43. The number of ether oxygens (including phenoxy) is 1. The number of nitro benzene ring substituents is 1. The van der Waals surface area contributed by atoms with Crippen LogP contribution in [0.25, 0.3) is 0 Å². The van der Waals surface area contributed by atoms with Gasteiger partial charge in [0.2, 0.25) is 0 Å². The van der Waals surface area contributed by atoms with E-state index in [9.17, 15) is 20.0 Å². The van der Waals surface area contributed by atoms with E-state index in [1.54, 1.807) is 19.9 Å². The lowest BCUT2D eigenvalue weighted by atomic mass is 9.82. The summed E-state index contributed by atoms with van der Waals surface area (Å²) >= 11 is 0. The van der Waals surface area contributed by atoms with Crippen molar-refractivity contribution in [1.82, 2.24) is 0 Å². The third-order valence-electron chi connectivity index (χ3n) is 3.83. The van der Waals surface area contributed by atoms with Crippen molar-refractivity contribution < 1.29 is 19.6 Å². The van der Waals surface area contributed by atoms with E-state index in [0.29, 0.717) is 18.6 Å². The van der Waals surface area contributed by atoms with Crippen LogP contribution in [0, 0.1) is 15.5 Å². The molecule has 21 heavy (non-hydrogen) atoms. The molecule has 0 saturated heterocycles. The second-order valence-electron chi connectivity index (χ2n) is 4.79. The van der Waals surface area contributed by atoms with Crippen molar-refractivity contribution in [3.8, 4) is 5.75 Å².